The molecule has 0 bridgehead atoms. The van der Waals surface area contributed by atoms with Crippen molar-refractivity contribution < 1.29 is 14.7 Å². The summed E-state index contributed by atoms with van der Waals surface area (Å²) in [6.07, 6.45) is 6.46. The normalized spacial score (nSPS) is 11.7. The number of carboxylic acid groups (broad SMARTS) is 1. The van der Waals surface area contributed by atoms with Gasteiger partial charge < -0.3 is 10.4 Å². The van der Waals surface area contributed by atoms with Crippen LogP contribution in [0.25, 0.3) is 11.1 Å². The molecule has 0 heterocycles. The van der Waals surface area contributed by atoms with Gasteiger partial charge in [-0.15, -0.1) is 0 Å². The van der Waals surface area contributed by atoms with Crippen molar-refractivity contribution in [3.8, 4) is 11.1 Å². The lowest BCUT2D eigenvalue weighted by atomic mass is 9.92. The first-order valence-corrected chi connectivity index (χ1v) is 13.1. The summed E-state index contributed by atoms with van der Waals surface area (Å²) in [5, 5.41) is 12.3. The van der Waals surface area contributed by atoms with Gasteiger partial charge in [0, 0.05) is 5.56 Å². The molecule has 5 heteroatoms. The molecule has 0 aliphatic carbocycles. The first-order chi connectivity index (χ1) is 16.5. The summed E-state index contributed by atoms with van der Waals surface area (Å²) in [4.78, 5) is 24.8. The van der Waals surface area contributed by atoms with Crippen molar-refractivity contribution in [2.75, 3.05) is 12.0 Å². The number of aryl methyl sites for hydroxylation is 3. The molecular weight excluding hydrogens is 442 g/mol. The van der Waals surface area contributed by atoms with Gasteiger partial charge in [-0.25, -0.2) is 4.79 Å². The molecule has 3 rings (SSSR count). The van der Waals surface area contributed by atoms with Gasteiger partial charge in [0.05, 0.1) is 0 Å². The molecule has 178 valence electrons. The van der Waals surface area contributed by atoms with Crippen molar-refractivity contribution in [3.05, 3.63) is 95.1 Å². The monoisotopic (exact) mass is 475 g/mol. The molecule has 1 unspecified atom stereocenters. The van der Waals surface area contributed by atoms with Crippen LogP contribution in [-0.4, -0.2) is 35.0 Å². The SMILES string of the molecule is CSCCC(NC(=O)c1ccc(CCCCc2ccccc2)cc1-c1ccccc1C)C(=O)O. The van der Waals surface area contributed by atoms with E-state index in [-0.39, 0.29) is 5.91 Å². The predicted octanol–water partition coefficient (Wildman–Crippen LogP) is 6.16. The number of nitrogens with one attached hydrogen (secondary N) is 1. The first-order valence-electron chi connectivity index (χ1n) is 11.7. The van der Waals surface area contributed by atoms with Crippen LogP contribution in [0.3, 0.4) is 0 Å². The van der Waals surface area contributed by atoms with Gasteiger partial charge in [-0.1, -0.05) is 66.7 Å². The Labute approximate surface area is 206 Å². The van der Waals surface area contributed by atoms with Gasteiger partial charge in [0.25, 0.3) is 5.91 Å². The lowest BCUT2D eigenvalue weighted by Gasteiger charge is -2.17. The van der Waals surface area contributed by atoms with Crippen LogP contribution in [0.2, 0.25) is 0 Å². The van der Waals surface area contributed by atoms with Crippen LogP contribution in [0, 0.1) is 6.92 Å². The summed E-state index contributed by atoms with van der Waals surface area (Å²) in [7, 11) is 0. The van der Waals surface area contributed by atoms with Crippen molar-refractivity contribution in [1.82, 2.24) is 5.32 Å². The predicted molar refractivity (Wildman–Crippen MR) is 142 cm³/mol. The fourth-order valence-electron chi connectivity index (χ4n) is 4.07. The van der Waals surface area contributed by atoms with Gasteiger partial charge >= 0.3 is 5.97 Å². The Kier molecular flexibility index (Phi) is 9.77. The molecule has 1 atom stereocenters. The van der Waals surface area contributed by atoms with E-state index in [0.29, 0.717) is 17.7 Å². The first kappa shape index (κ1) is 25.6. The Bertz CT molecular complexity index is 1100. The molecule has 0 saturated heterocycles. The average Bonchev–Trinajstić information content (AvgIpc) is 2.85. The lowest BCUT2D eigenvalue weighted by molar-refractivity contribution is -0.139. The van der Waals surface area contributed by atoms with E-state index in [2.05, 4.69) is 35.6 Å². The number of aliphatic carboxylic acids is 1. The van der Waals surface area contributed by atoms with Gasteiger partial charge in [0.15, 0.2) is 0 Å². The molecule has 0 aliphatic rings. The third-order valence-electron chi connectivity index (χ3n) is 6.00. The van der Waals surface area contributed by atoms with E-state index >= 15 is 0 Å². The van der Waals surface area contributed by atoms with E-state index in [1.54, 1.807) is 11.8 Å². The number of benzene rings is 3. The Balaban J connectivity index is 1.79. The van der Waals surface area contributed by atoms with Crippen molar-refractivity contribution in [3.63, 3.8) is 0 Å². The molecule has 2 N–H and O–H groups in total. The van der Waals surface area contributed by atoms with Crippen LogP contribution in [0.5, 0.6) is 0 Å². The van der Waals surface area contributed by atoms with Crippen LogP contribution in [0.1, 0.15) is 46.3 Å². The van der Waals surface area contributed by atoms with Gasteiger partial charge in [0.1, 0.15) is 6.04 Å². The quantitative estimate of drug-likeness (QED) is 0.308. The molecule has 0 aliphatic heterocycles. The number of hydrogen-bond donors (Lipinski definition) is 2. The third kappa shape index (κ3) is 7.22. The Morgan fingerprint density at radius 1 is 0.882 bits per heavy atom. The maximum absolute atomic E-state index is 13.2. The minimum atomic E-state index is -1.00. The largest absolute Gasteiger partial charge is 0.480 e. The Morgan fingerprint density at radius 2 is 1.56 bits per heavy atom. The van der Waals surface area contributed by atoms with Crippen LogP contribution in [0.15, 0.2) is 72.8 Å². The second kappa shape index (κ2) is 13.0. The van der Waals surface area contributed by atoms with Crippen molar-refractivity contribution in [1.29, 1.82) is 0 Å². The Morgan fingerprint density at radius 3 is 2.24 bits per heavy atom. The van der Waals surface area contributed by atoms with E-state index in [0.717, 1.165) is 42.4 Å². The van der Waals surface area contributed by atoms with E-state index in [4.69, 9.17) is 0 Å². The zero-order chi connectivity index (χ0) is 24.3. The minimum Gasteiger partial charge on any atom is -0.480 e. The number of unbranched alkanes of at least 4 members (excludes halogenated alkanes) is 1. The van der Waals surface area contributed by atoms with Gasteiger partial charge in [0.2, 0.25) is 0 Å². The topological polar surface area (TPSA) is 66.4 Å². The van der Waals surface area contributed by atoms with Gasteiger partial charge in [-0.3, -0.25) is 4.79 Å². The molecule has 1 amide bonds. The second-order valence-electron chi connectivity index (χ2n) is 8.53. The van der Waals surface area contributed by atoms with Crippen molar-refractivity contribution in [2.45, 2.75) is 45.1 Å². The molecule has 0 aromatic heterocycles. The number of carbonyl (C=O) groups excluding carboxylic acids is 1. The number of hydrogen-bond acceptors (Lipinski definition) is 3. The van der Waals surface area contributed by atoms with E-state index < -0.39 is 12.0 Å². The maximum atomic E-state index is 13.2. The van der Waals surface area contributed by atoms with Gasteiger partial charge in [-0.2, -0.15) is 11.8 Å². The fourth-order valence-corrected chi connectivity index (χ4v) is 4.55. The second-order valence-corrected chi connectivity index (χ2v) is 9.52. The van der Waals surface area contributed by atoms with Crippen LogP contribution in [0.4, 0.5) is 0 Å². The number of amides is 1. The number of rotatable bonds is 12. The standard InChI is InChI=1S/C29H33NO3S/c1-21-10-6-9-15-24(21)26-20-23(14-8-7-13-22-11-4-3-5-12-22)16-17-25(26)28(31)30-27(29(32)33)18-19-34-2/h3-6,9-12,15-17,20,27H,7-8,13-14,18-19H2,1-2H3,(H,30,31)(H,32,33). The maximum Gasteiger partial charge on any atom is 0.326 e. The minimum absolute atomic E-state index is 0.345. The molecular formula is C29H33NO3S. The zero-order valence-electron chi connectivity index (χ0n) is 19.9. The smallest absolute Gasteiger partial charge is 0.326 e. The molecule has 34 heavy (non-hydrogen) atoms. The fraction of sp³-hybridized carbons (Fsp3) is 0.310. The van der Waals surface area contributed by atoms with Crippen LogP contribution >= 0.6 is 11.8 Å². The average molecular weight is 476 g/mol. The summed E-state index contributed by atoms with van der Waals surface area (Å²) in [6.45, 7) is 2.03. The summed E-state index contributed by atoms with van der Waals surface area (Å²) >= 11 is 1.57. The molecule has 0 fully saturated rings. The summed E-state index contributed by atoms with van der Waals surface area (Å²) in [6, 6.07) is 23.5. The molecule has 0 saturated carbocycles. The van der Waals surface area contributed by atoms with Crippen molar-refractivity contribution >= 4 is 23.6 Å². The lowest BCUT2D eigenvalue weighted by Crippen LogP contribution is -2.41. The molecule has 0 spiro atoms. The highest BCUT2D eigenvalue weighted by molar-refractivity contribution is 7.98. The summed E-state index contributed by atoms with van der Waals surface area (Å²) in [5.74, 6) is -0.679. The number of carboxylic acids is 1. The molecule has 0 radical (unpaired) electrons. The highest BCUT2D eigenvalue weighted by atomic mass is 32.2. The van der Waals surface area contributed by atoms with E-state index in [1.807, 2.05) is 55.6 Å². The third-order valence-corrected chi connectivity index (χ3v) is 6.65. The highest BCUT2D eigenvalue weighted by Gasteiger charge is 2.22. The Hall–Kier alpha value is -3.05. The van der Waals surface area contributed by atoms with Crippen LogP contribution in [-0.2, 0) is 17.6 Å². The number of thioether (sulfide) groups is 1. The molecule has 3 aromatic rings. The van der Waals surface area contributed by atoms with E-state index in [9.17, 15) is 14.7 Å². The molecule has 3 aromatic carbocycles. The summed E-state index contributed by atoms with van der Waals surface area (Å²) < 4.78 is 0. The number of carbonyl (C=O) groups is 2. The highest BCUT2D eigenvalue weighted by Crippen LogP contribution is 2.29. The van der Waals surface area contributed by atoms with Gasteiger partial charge in [-0.05, 0) is 84.9 Å². The molecule has 4 nitrogen and oxygen atoms in total. The van der Waals surface area contributed by atoms with E-state index in [1.165, 1.54) is 11.1 Å². The van der Waals surface area contributed by atoms with Crippen molar-refractivity contribution in [2.24, 2.45) is 0 Å². The van der Waals surface area contributed by atoms with Crippen LogP contribution < -0.4 is 5.32 Å². The summed E-state index contributed by atoms with van der Waals surface area (Å²) in [5.41, 5.74) is 5.97. The zero-order valence-corrected chi connectivity index (χ0v) is 20.7.